The van der Waals surface area contributed by atoms with Crippen LogP contribution in [0.15, 0.2) is 30.6 Å². The van der Waals surface area contributed by atoms with Crippen LogP contribution >= 0.6 is 0 Å². The number of rotatable bonds is 2. The summed E-state index contributed by atoms with van der Waals surface area (Å²) in [6, 6.07) is 7.73. The van der Waals surface area contributed by atoms with Gasteiger partial charge in [-0.3, -0.25) is 0 Å². The molecule has 16 heavy (non-hydrogen) atoms. The fourth-order valence-electron chi connectivity index (χ4n) is 1.69. The van der Waals surface area contributed by atoms with Crippen molar-refractivity contribution in [1.29, 1.82) is 0 Å². The van der Waals surface area contributed by atoms with Gasteiger partial charge >= 0.3 is 0 Å². The van der Waals surface area contributed by atoms with Crippen molar-refractivity contribution in [2.75, 3.05) is 6.26 Å². The number of hydrogen-bond donors (Lipinski definition) is 0. The van der Waals surface area contributed by atoms with Gasteiger partial charge in [-0.15, -0.1) is 0 Å². The fourth-order valence-corrected chi connectivity index (χ4v) is 2.41. The second-order valence-electron chi connectivity index (χ2n) is 3.74. The van der Waals surface area contributed by atoms with Gasteiger partial charge in [-0.2, -0.15) is 0 Å². The summed E-state index contributed by atoms with van der Waals surface area (Å²) in [7, 11) is -1.10. The molecule has 0 aliphatic heterocycles. The monoisotopic (exact) mass is 352 g/mol. The Hall–Kier alpha value is -0.630. The molecular weight excluding hydrogens is 339 g/mol. The van der Waals surface area contributed by atoms with E-state index in [0.717, 1.165) is 11.0 Å². The summed E-state index contributed by atoms with van der Waals surface area (Å²) in [6.45, 7) is 0. The molecule has 6 heteroatoms. The van der Waals surface area contributed by atoms with Gasteiger partial charge in [-0.1, -0.05) is 12.1 Å². The van der Waals surface area contributed by atoms with Gasteiger partial charge in [-0.05, 0) is 12.1 Å². The molecule has 0 N–H and O–H groups in total. The zero-order chi connectivity index (χ0) is 11.1. The minimum Gasteiger partial charge on any atom is -1.00 e. The average Bonchev–Trinajstić information content (AvgIpc) is 2.42. The number of aryl methyl sites for hydroxylation is 1. The van der Waals surface area contributed by atoms with E-state index in [1.807, 2.05) is 35.9 Å². The topological polar surface area (TPSA) is 43.0 Å². The largest absolute Gasteiger partial charge is 1.00 e. The lowest BCUT2D eigenvalue weighted by atomic mass is 10.3. The number of benzene rings is 1. The van der Waals surface area contributed by atoms with E-state index in [1.54, 1.807) is 10.9 Å². The van der Waals surface area contributed by atoms with E-state index >= 15 is 0 Å². The summed E-state index contributed by atoms with van der Waals surface area (Å²) in [5, 5.41) is 0. The van der Waals surface area contributed by atoms with Crippen molar-refractivity contribution in [1.82, 2.24) is 4.57 Å². The second kappa shape index (κ2) is 4.70. The van der Waals surface area contributed by atoms with Gasteiger partial charge in [0.25, 0.3) is 0 Å². The van der Waals surface area contributed by atoms with Gasteiger partial charge in [0.2, 0.25) is 6.33 Å². The molecule has 0 saturated carbocycles. The molecule has 0 fully saturated rings. The Morgan fingerprint density at radius 1 is 1.31 bits per heavy atom. The van der Waals surface area contributed by atoms with Crippen molar-refractivity contribution in [3.8, 4) is 0 Å². The third-order valence-electron chi connectivity index (χ3n) is 2.26. The third-order valence-corrected chi connectivity index (χ3v) is 3.00. The Morgan fingerprint density at radius 3 is 2.56 bits per heavy atom. The molecule has 0 bridgehead atoms. The number of para-hydroxylation sites is 2. The predicted molar refractivity (Wildman–Crippen MR) is 58.0 cm³/mol. The van der Waals surface area contributed by atoms with Crippen LogP contribution in [0.4, 0.5) is 0 Å². The number of hydrogen-bond acceptors (Lipinski definition) is 2. The third kappa shape index (κ3) is 2.73. The zero-order valence-electron chi connectivity index (χ0n) is 9.09. The van der Waals surface area contributed by atoms with E-state index in [9.17, 15) is 8.42 Å². The van der Waals surface area contributed by atoms with Crippen LogP contribution in [0.3, 0.4) is 0 Å². The van der Waals surface area contributed by atoms with E-state index in [1.165, 1.54) is 6.26 Å². The van der Waals surface area contributed by atoms with Crippen LogP contribution in [-0.4, -0.2) is 19.2 Å². The highest BCUT2D eigenvalue weighted by atomic mass is 127. The van der Waals surface area contributed by atoms with Crippen LogP contribution in [-0.2, 0) is 22.8 Å². The summed E-state index contributed by atoms with van der Waals surface area (Å²) in [4.78, 5) is 0. The molecule has 88 valence electrons. The lowest BCUT2D eigenvalue weighted by Gasteiger charge is -1.94. The van der Waals surface area contributed by atoms with Gasteiger partial charge in [0.1, 0.15) is 0 Å². The Morgan fingerprint density at radius 2 is 1.94 bits per heavy atom. The smallest absolute Gasteiger partial charge is 0.245 e. The first-order valence-corrected chi connectivity index (χ1v) is 6.65. The standard InChI is InChI=1S/C10H13N2O2S.HI/c1-11-7-12(8-15(2,13)14)10-6-4-3-5-9(10)11;/h3-7H,8H2,1-2H3;1H/q+1;/p-1. The van der Waals surface area contributed by atoms with Gasteiger partial charge in [0.15, 0.2) is 26.7 Å². The Labute approximate surface area is 112 Å². The van der Waals surface area contributed by atoms with Crippen molar-refractivity contribution >= 4 is 20.9 Å². The Kier molecular flexibility index (Phi) is 3.95. The highest BCUT2D eigenvalue weighted by Crippen LogP contribution is 2.10. The summed E-state index contributed by atoms with van der Waals surface area (Å²) >= 11 is 0. The molecular formula is C10H13IN2O2S. The molecule has 0 aliphatic carbocycles. The first-order chi connectivity index (χ1) is 6.97. The minimum atomic E-state index is -3.01. The molecule has 0 radical (unpaired) electrons. The first kappa shape index (κ1) is 13.4. The van der Waals surface area contributed by atoms with Crippen LogP contribution in [0, 0.1) is 0 Å². The van der Waals surface area contributed by atoms with Gasteiger partial charge in [0, 0.05) is 6.26 Å². The summed E-state index contributed by atoms with van der Waals surface area (Å²) in [6.07, 6.45) is 3.04. The van der Waals surface area contributed by atoms with E-state index in [-0.39, 0.29) is 29.9 Å². The highest BCUT2D eigenvalue weighted by molar-refractivity contribution is 7.89. The van der Waals surface area contributed by atoms with Crippen LogP contribution in [0.5, 0.6) is 0 Å². The van der Waals surface area contributed by atoms with Gasteiger partial charge < -0.3 is 24.0 Å². The normalized spacial score (nSPS) is 11.4. The molecule has 0 atom stereocenters. The molecule has 2 aromatic rings. The zero-order valence-corrected chi connectivity index (χ0v) is 12.1. The number of nitrogens with zero attached hydrogens (tertiary/aromatic N) is 2. The van der Waals surface area contributed by atoms with Crippen LogP contribution in [0.2, 0.25) is 0 Å². The quantitative estimate of drug-likeness (QED) is 0.442. The predicted octanol–water partition coefficient (Wildman–Crippen LogP) is -2.53. The second-order valence-corrected chi connectivity index (χ2v) is 5.85. The summed E-state index contributed by atoms with van der Waals surface area (Å²) < 4.78 is 26.1. The van der Waals surface area contributed by atoms with E-state index in [0.29, 0.717) is 0 Å². The van der Waals surface area contributed by atoms with Gasteiger partial charge in [0.05, 0.1) is 7.05 Å². The van der Waals surface area contributed by atoms with Crippen molar-refractivity contribution < 1.29 is 37.0 Å². The van der Waals surface area contributed by atoms with E-state index < -0.39 is 9.84 Å². The number of sulfone groups is 1. The molecule has 1 aromatic carbocycles. The van der Waals surface area contributed by atoms with Crippen LogP contribution in [0.1, 0.15) is 0 Å². The molecule has 1 heterocycles. The van der Waals surface area contributed by atoms with Crippen molar-refractivity contribution in [3.05, 3.63) is 30.6 Å². The molecule has 0 spiro atoms. The maximum Gasteiger partial charge on any atom is 0.245 e. The molecule has 0 aliphatic rings. The number of halogens is 1. The lowest BCUT2D eigenvalue weighted by molar-refractivity contribution is -0.645. The van der Waals surface area contributed by atoms with Crippen molar-refractivity contribution in [3.63, 3.8) is 0 Å². The molecule has 4 nitrogen and oxygen atoms in total. The number of aromatic nitrogens is 2. The maximum absolute atomic E-state index is 11.2. The average molecular weight is 352 g/mol. The van der Waals surface area contributed by atoms with Crippen molar-refractivity contribution in [2.45, 2.75) is 5.88 Å². The lowest BCUT2D eigenvalue weighted by Crippen LogP contribution is -3.00. The molecule has 0 saturated heterocycles. The highest BCUT2D eigenvalue weighted by Gasteiger charge is 2.15. The van der Waals surface area contributed by atoms with Gasteiger partial charge in [-0.25, -0.2) is 17.6 Å². The summed E-state index contributed by atoms with van der Waals surface area (Å²) in [5.41, 5.74) is 1.96. The van der Waals surface area contributed by atoms with E-state index in [2.05, 4.69) is 0 Å². The van der Waals surface area contributed by atoms with E-state index in [4.69, 9.17) is 0 Å². The maximum atomic E-state index is 11.2. The molecule has 0 unspecified atom stereocenters. The van der Waals surface area contributed by atoms with Crippen molar-refractivity contribution in [2.24, 2.45) is 7.05 Å². The summed E-state index contributed by atoms with van der Waals surface area (Å²) in [5.74, 6) is 0.0222. The Balaban J connectivity index is 0.00000128. The molecule has 0 amide bonds. The molecule has 1 aromatic heterocycles. The Bertz CT molecular complexity index is 604. The first-order valence-electron chi connectivity index (χ1n) is 4.58. The minimum absolute atomic E-state index is 0. The fraction of sp³-hybridized carbons (Fsp3) is 0.300. The van der Waals surface area contributed by atoms with Crippen LogP contribution in [0.25, 0.3) is 11.0 Å². The number of imidazole rings is 1. The SMILES string of the molecule is C[n+]1cn(CS(C)(=O)=O)c2ccccc21.[I-]. The number of fused-ring (bicyclic) bond motifs is 1. The van der Waals surface area contributed by atoms with Crippen LogP contribution < -0.4 is 28.5 Å². The molecule has 2 rings (SSSR count).